The first-order chi connectivity index (χ1) is 42.9. The van der Waals surface area contributed by atoms with E-state index in [2.05, 4.69) is 84.3 Å². The number of furan rings is 1. The van der Waals surface area contributed by atoms with Crippen molar-refractivity contribution in [1.82, 2.24) is 43.9 Å². The van der Waals surface area contributed by atoms with Crippen molar-refractivity contribution in [2.45, 2.75) is 147 Å². The Balaban J connectivity index is 0.000000164. The number of amides is 2. The Bertz CT molecular complexity index is 4510. The normalized spacial score (nSPS) is 16.6. The number of hydrogen-bond donors (Lipinski definition) is 2. The summed E-state index contributed by atoms with van der Waals surface area (Å²) in [4.78, 5) is 65.7. The molecule has 0 atom stereocenters. The fourth-order valence-electron chi connectivity index (χ4n) is 15.1. The van der Waals surface area contributed by atoms with Crippen molar-refractivity contribution in [3.63, 3.8) is 0 Å². The Morgan fingerprint density at radius 3 is 1.58 bits per heavy atom. The second-order valence-corrected chi connectivity index (χ2v) is 25.7. The molecule has 6 aromatic heterocycles. The Kier molecular flexibility index (Phi) is 15.6. The molecule has 14 rings (SSSR count). The molecular formula is C74H78FN9O5. The maximum Gasteiger partial charge on any atom is 0.252 e. The van der Waals surface area contributed by atoms with Crippen molar-refractivity contribution in [1.29, 1.82) is 0 Å². The van der Waals surface area contributed by atoms with E-state index in [9.17, 15) is 23.6 Å². The molecule has 14 nitrogen and oxygen atoms in total. The highest BCUT2D eigenvalue weighted by molar-refractivity contribution is 6.03. The molecule has 2 N–H and O–H groups in total. The van der Waals surface area contributed by atoms with Crippen LogP contribution in [0, 0.1) is 12.7 Å². The van der Waals surface area contributed by atoms with Crippen LogP contribution in [0.1, 0.15) is 188 Å². The van der Waals surface area contributed by atoms with E-state index in [0.29, 0.717) is 23.0 Å². The van der Waals surface area contributed by atoms with Crippen molar-refractivity contribution < 1.29 is 28.0 Å². The van der Waals surface area contributed by atoms with Crippen LogP contribution in [0.4, 0.5) is 4.39 Å². The predicted octanol–water partition coefficient (Wildman–Crippen LogP) is 15.6. The minimum atomic E-state index is -0.560. The summed E-state index contributed by atoms with van der Waals surface area (Å²) in [6.07, 6.45) is 27.5. The molecular weight excluding hydrogens is 1110 g/mol. The van der Waals surface area contributed by atoms with E-state index in [4.69, 9.17) is 14.4 Å². The fourth-order valence-corrected chi connectivity index (χ4v) is 15.1. The summed E-state index contributed by atoms with van der Waals surface area (Å²) in [6.45, 7) is 7.24. The number of halogens is 1. The van der Waals surface area contributed by atoms with E-state index in [1.165, 1.54) is 73.0 Å². The molecule has 2 amide bonds. The highest BCUT2D eigenvalue weighted by atomic mass is 19.1. The van der Waals surface area contributed by atoms with Crippen molar-refractivity contribution in [2.75, 3.05) is 0 Å². The number of rotatable bonds is 15. The van der Waals surface area contributed by atoms with Crippen LogP contribution >= 0.6 is 0 Å². The van der Waals surface area contributed by atoms with Gasteiger partial charge in [-0.3, -0.25) is 24.2 Å². The largest absolute Gasteiger partial charge is 0.472 e. The summed E-state index contributed by atoms with van der Waals surface area (Å²) >= 11 is 0. The molecule has 0 unspecified atom stereocenters. The molecule has 0 radical (unpaired) electrons. The molecule has 4 aliphatic carbocycles. The number of fused-ring (bicyclic) bond motifs is 4. The molecule has 4 saturated carbocycles. The van der Waals surface area contributed by atoms with E-state index in [1.807, 2.05) is 76.8 Å². The first-order valence-corrected chi connectivity index (χ1v) is 31.8. The molecule has 6 heterocycles. The fraction of sp³-hybridized carbons (Fsp3) is 0.365. The monoisotopic (exact) mass is 1190 g/mol. The summed E-state index contributed by atoms with van der Waals surface area (Å²) < 4.78 is 27.8. The van der Waals surface area contributed by atoms with Gasteiger partial charge in [-0.1, -0.05) is 56.9 Å². The lowest BCUT2D eigenvalue weighted by molar-refractivity contribution is -0.113. The number of carbonyl (C=O) groups is 4. The zero-order valence-electron chi connectivity index (χ0n) is 52.4. The molecule has 4 aliphatic rings. The van der Waals surface area contributed by atoms with Crippen LogP contribution in [0.2, 0.25) is 0 Å². The van der Waals surface area contributed by atoms with Gasteiger partial charge in [0.05, 0.1) is 68.9 Å². The lowest BCUT2D eigenvalue weighted by Gasteiger charge is -2.41. The third-order valence-electron chi connectivity index (χ3n) is 20.1. The molecule has 15 heteroatoms. The Morgan fingerprint density at radius 1 is 0.607 bits per heavy atom. The zero-order valence-corrected chi connectivity index (χ0v) is 52.4. The highest BCUT2D eigenvalue weighted by Crippen LogP contribution is 2.48. The number of allylic oxidation sites excluding steroid dienone is 2. The van der Waals surface area contributed by atoms with Crippen molar-refractivity contribution in [2.24, 2.45) is 28.2 Å². The van der Waals surface area contributed by atoms with E-state index in [-0.39, 0.29) is 29.2 Å². The van der Waals surface area contributed by atoms with Gasteiger partial charge in [0.1, 0.15) is 17.5 Å². The van der Waals surface area contributed by atoms with Crippen LogP contribution in [-0.2, 0) is 55.3 Å². The van der Waals surface area contributed by atoms with Gasteiger partial charge in [0.25, 0.3) is 11.8 Å². The molecule has 4 fully saturated rings. The number of hydrogen-bond acceptors (Lipinski definition) is 8. The Hall–Kier alpha value is -8.98. The third kappa shape index (κ3) is 10.6. The Labute approximate surface area is 518 Å². The smallest absolute Gasteiger partial charge is 0.252 e. The third-order valence-corrected chi connectivity index (χ3v) is 20.1. The van der Waals surface area contributed by atoms with Crippen LogP contribution in [0.25, 0.3) is 78.7 Å². The lowest BCUT2D eigenvalue weighted by Crippen LogP contribution is -2.52. The van der Waals surface area contributed by atoms with E-state index >= 15 is 0 Å². The van der Waals surface area contributed by atoms with Gasteiger partial charge in [-0.25, -0.2) is 14.4 Å². The SMILES string of the molecule is CC(=O)/C=C/c1cc2c(cc1C)nc(C1(NC(=O)c3ccc4c(C5CCCC5)c(-c5ccc(F)cn5)n(C)c4c3)CCC1)n2C.CCc1cc2nc(C3(NC(=O)c4ccc5c(C6CCCC6)c(-c6ccoc6)n(C)c5c4)CCC3)n(C)c2cc1/C=C/C(C)=O. The zero-order chi connectivity index (χ0) is 62.0. The average Bonchev–Trinajstić information content (AvgIpc) is 1.72. The number of nitrogens with zero attached hydrogens (tertiary/aromatic N) is 7. The van der Waals surface area contributed by atoms with Crippen LogP contribution in [0.15, 0.2) is 114 Å². The van der Waals surface area contributed by atoms with Gasteiger partial charge in [0.2, 0.25) is 0 Å². The lowest BCUT2D eigenvalue weighted by atomic mass is 9.75. The summed E-state index contributed by atoms with van der Waals surface area (Å²) in [6, 6.07) is 25.7. The van der Waals surface area contributed by atoms with Crippen molar-refractivity contribution in [3.8, 4) is 22.6 Å². The minimum Gasteiger partial charge on any atom is -0.472 e. The molecule has 4 aromatic carbocycles. The predicted molar refractivity (Wildman–Crippen MR) is 350 cm³/mol. The topological polar surface area (TPSA) is 164 Å². The summed E-state index contributed by atoms with van der Waals surface area (Å²) in [5.74, 6) is 2.12. The quantitative estimate of drug-likeness (QED) is 0.0958. The van der Waals surface area contributed by atoms with Crippen LogP contribution in [-0.4, -0.2) is 56.6 Å². The van der Waals surface area contributed by atoms with Crippen LogP contribution in [0.5, 0.6) is 0 Å². The summed E-state index contributed by atoms with van der Waals surface area (Å²) in [5.41, 5.74) is 16.8. The maximum atomic E-state index is 14.0. The van der Waals surface area contributed by atoms with Gasteiger partial charge in [0.15, 0.2) is 11.6 Å². The van der Waals surface area contributed by atoms with Gasteiger partial charge in [0, 0.05) is 66.7 Å². The second kappa shape index (κ2) is 23.5. The highest BCUT2D eigenvalue weighted by Gasteiger charge is 2.46. The molecule has 0 saturated heterocycles. The molecule has 89 heavy (non-hydrogen) atoms. The number of pyridine rings is 1. The minimum absolute atomic E-state index is 0.00274. The number of imidazole rings is 2. The van der Waals surface area contributed by atoms with Gasteiger partial charge in [-0.15, -0.1) is 0 Å². The number of aromatic nitrogens is 7. The summed E-state index contributed by atoms with van der Waals surface area (Å²) in [5, 5.41) is 9.17. The van der Waals surface area contributed by atoms with Gasteiger partial charge in [-0.05, 0) is 215 Å². The van der Waals surface area contributed by atoms with Gasteiger partial charge < -0.3 is 33.3 Å². The average molecular weight is 1190 g/mol. The van der Waals surface area contributed by atoms with E-state index in [1.54, 1.807) is 38.3 Å². The summed E-state index contributed by atoms with van der Waals surface area (Å²) in [7, 11) is 8.13. The van der Waals surface area contributed by atoms with E-state index in [0.717, 1.165) is 147 Å². The van der Waals surface area contributed by atoms with Crippen molar-refractivity contribution in [3.05, 3.63) is 172 Å². The molecule has 0 bridgehead atoms. The molecule has 0 spiro atoms. The first-order valence-electron chi connectivity index (χ1n) is 31.8. The number of aryl methyl sites for hydroxylation is 6. The number of ketones is 2. The maximum absolute atomic E-state index is 14.0. The Morgan fingerprint density at radius 2 is 1.11 bits per heavy atom. The number of nitrogens with one attached hydrogen (secondary N) is 2. The first kappa shape index (κ1) is 59.0. The van der Waals surface area contributed by atoms with Gasteiger partial charge >= 0.3 is 0 Å². The van der Waals surface area contributed by atoms with Crippen LogP contribution < -0.4 is 10.6 Å². The number of benzene rings is 4. The molecule has 10 aromatic rings. The van der Waals surface area contributed by atoms with Crippen LogP contribution in [0.3, 0.4) is 0 Å². The molecule has 0 aliphatic heterocycles. The van der Waals surface area contributed by atoms with E-state index < -0.39 is 11.1 Å². The van der Waals surface area contributed by atoms with Crippen molar-refractivity contribution >= 4 is 79.4 Å². The second-order valence-electron chi connectivity index (χ2n) is 25.7. The van der Waals surface area contributed by atoms with Gasteiger partial charge in [-0.2, -0.15) is 0 Å². The molecule has 456 valence electrons. The number of carbonyl (C=O) groups excluding carboxylic acids is 4. The standard InChI is InChI=1S/C37H38FN5O2.C37H40N4O3/c1-22-18-30-32(19-25(22)11-10-23(2)44)43(4)36(40-30)37(16-7-17-37)41-35(45)26-12-14-28-31(20-26)42(3)34(29-15-13-27(38)21-39-29)33(28)24-8-5-6-9-24;1-5-24-19-30-32(20-26(24)12-11-23(2)42)41(4)36(38-30)37(16-8-17-37)39-35(43)27-13-14-29-31(21-27)40(3)34(28-15-18-44-22-28)33(29)25-9-6-7-10-25/h10-15,18-21,24H,5-9,16-17H2,1-4H3,(H,41,45);11-15,18-22,25H,5-10,16-17H2,1-4H3,(H,39,43)/b11-10+;12-11+.